The highest BCUT2D eigenvalue weighted by Crippen LogP contribution is 2.37. The lowest BCUT2D eigenvalue weighted by atomic mass is 10.1. The lowest BCUT2D eigenvalue weighted by molar-refractivity contribution is 0.194. The van der Waals surface area contributed by atoms with E-state index in [-0.39, 0.29) is 5.56 Å². The number of methoxy groups -OCH3 is 2. The summed E-state index contributed by atoms with van der Waals surface area (Å²) in [6.07, 6.45) is 0.785. The smallest absolute Gasteiger partial charge is 0.404 e. The molecule has 0 spiro atoms. The van der Waals surface area contributed by atoms with E-state index in [0.717, 1.165) is 20.7 Å². The van der Waals surface area contributed by atoms with Crippen molar-refractivity contribution in [3.05, 3.63) is 45.7 Å². The normalized spacial score (nSPS) is 10.9. The van der Waals surface area contributed by atoms with Gasteiger partial charge in [-0.3, -0.25) is 4.79 Å². The zero-order valence-electron chi connectivity index (χ0n) is 16.4. The molecule has 2 aromatic heterocycles. The third kappa shape index (κ3) is 4.52. The molecule has 0 fully saturated rings. The number of thiophene rings is 1. The van der Waals surface area contributed by atoms with Crippen molar-refractivity contribution < 1.29 is 19.4 Å². The molecule has 3 aromatic rings. The van der Waals surface area contributed by atoms with E-state index in [4.69, 9.17) is 14.6 Å². The van der Waals surface area contributed by atoms with Crippen LogP contribution in [-0.4, -0.2) is 43.1 Å². The summed E-state index contributed by atoms with van der Waals surface area (Å²) < 4.78 is 13.2. The number of rotatable bonds is 8. The number of carboxylic acid groups (broad SMARTS) is 1. The largest absolute Gasteiger partial charge is 0.493 e. The summed E-state index contributed by atoms with van der Waals surface area (Å²) in [7, 11) is 4.91. The highest BCUT2D eigenvalue weighted by molar-refractivity contribution is 7.19. The van der Waals surface area contributed by atoms with E-state index in [1.165, 1.54) is 0 Å². The number of amides is 1. The number of benzene rings is 1. The summed E-state index contributed by atoms with van der Waals surface area (Å²) in [6, 6.07) is 7.57. The Morgan fingerprint density at radius 2 is 1.93 bits per heavy atom. The third-order valence-electron chi connectivity index (χ3n) is 4.47. The molecule has 0 atom stereocenters. The summed E-state index contributed by atoms with van der Waals surface area (Å²) >= 11 is 1.54. The predicted molar refractivity (Wildman–Crippen MR) is 113 cm³/mol. The minimum Gasteiger partial charge on any atom is -0.493 e. The number of nitrogens with zero attached hydrogens (tertiary/aromatic N) is 1. The van der Waals surface area contributed by atoms with Crippen LogP contribution in [0.2, 0.25) is 0 Å². The number of carbonyl (C=O) groups is 1. The van der Waals surface area contributed by atoms with Crippen molar-refractivity contribution in [2.45, 2.75) is 6.54 Å². The molecule has 0 unspecified atom stereocenters. The van der Waals surface area contributed by atoms with Gasteiger partial charge in [-0.25, -0.2) is 4.79 Å². The average Bonchev–Trinajstić information content (AvgIpc) is 3.14. The topological polar surface area (TPSA) is 102 Å². The van der Waals surface area contributed by atoms with Gasteiger partial charge in [0.15, 0.2) is 11.5 Å². The van der Waals surface area contributed by atoms with Crippen LogP contribution >= 0.6 is 11.3 Å². The van der Waals surface area contributed by atoms with E-state index in [1.807, 2.05) is 30.5 Å². The molecular formula is C20H23N3O5S. The number of hydrogen-bond acceptors (Lipinski definition) is 6. The third-order valence-corrected chi connectivity index (χ3v) is 5.64. The van der Waals surface area contributed by atoms with Gasteiger partial charge in [0.1, 0.15) is 0 Å². The molecule has 0 saturated heterocycles. The fourth-order valence-corrected chi connectivity index (χ4v) is 4.22. The Morgan fingerprint density at radius 1 is 1.17 bits per heavy atom. The number of pyridine rings is 1. The van der Waals surface area contributed by atoms with Crippen LogP contribution in [0.4, 0.5) is 4.79 Å². The van der Waals surface area contributed by atoms with Crippen LogP contribution in [0.3, 0.4) is 0 Å². The van der Waals surface area contributed by atoms with E-state index in [2.05, 4.69) is 10.6 Å². The van der Waals surface area contributed by atoms with Gasteiger partial charge in [0.25, 0.3) is 5.56 Å². The van der Waals surface area contributed by atoms with Gasteiger partial charge in [-0.2, -0.15) is 0 Å². The maximum absolute atomic E-state index is 12.6. The first kappa shape index (κ1) is 20.7. The van der Waals surface area contributed by atoms with Gasteiger partial charge < -0.3 is 29.8 Å². The SMILES string of the molecule is COc1ccc(-c2cn(C)c(=O)c3cc(CNCCNC(=O)O)sc23)cc1OC. The van der Waals surface area contributed by atoms with Crippen LogP contribution in [0.25, 0.3) is 21.2 Å². The second kappa shape index (κ2) is 8.97. The quantitative estimate of drug-likeness (QED) is 0.487. The first-order valence-corrected chi connectivity index (χ1v) is 9.78. The predicted octanol–water partition coefficient (Wildman–Crippen LogP) is 2.64. The molecule has 3 N–H and O–H groups in total. The molecule has 2 heterocycles. The summed E-state index contributed by atoms with van der Waals surface area (Å²) in [5, 5.41) is 14.7. The minimum absolute atomic E-state index is 0.0562. The number of ether oxygens (including phenoxy) is 2. The summed E-state index contributed by atoms with van der Waals surface area (Å²) in [4.78, 5) is 24.1. The molecule has 0 bridgehead atoms. The average molecular weight is 417 g/mol. The van der Waals surface area contributed by atoms with Crippen molar-refractivity contribution in [2.75, 3.05) is 27.3 Å². The molecule has 8 nitrogen and oxygen atoms in total. The number of aryl methyl sites for hydroxylation is 1. The van der Waals surface area contributed by atoms with Crippen molar-refractivity contribution in [1.82, 2.24) is 15.2 Å². The van der Waals surface area contributed by atoms with Gasteiger partial charge in [0, 0.05) is 48.0 Å². The Balaban J connectivity index is 1.94. The fraction of sp³-hybridized carbons (Fsp3) is 0.300. The molecule has 1 aromatic carbocycles. The lowest BCUT2D eigenvalue weighted by Gasteiger charge is -2.11. The second-order valence-corrected chi connectivity index (χ2v) is 7.53. The highest BCUT2D eigenvalue weighted by atomic mass is 32.1. The molecule has 0 aliphatic carbocycles. The zero-order valence-corrected chi connectivity index (χ0v) is 17.3. The Morgan fingerprint density at radius 3 is 2.62 bits per heavy atom. The second-order valence-electron chi connectivity index (χ2n) is 6.39. The Bertz CT molecular complexity index is 1090. The Labute approximate surface area is 171 Å². The molecule has 0 saturated carbocycles. The van der Waals surface area contributed by atoms with Crippen LogP contribution in [-0.2, 0) is 13.6 Å². The van der Waals surface area contributed by atoms with Gasteiger partial charge in [0.2, 0.25) is 0 Å². The molecule has 0 aliphatic rings. The van der Waals surface area contributed by atoms with Crippen LogP contribution in [0, 0.1) is 0 Å². The van der Waals surface area contributed by atoms with Crippen LogP contribution in [0.15, 0.2) is 35.3 Å². The van der Waals surface area contributed by atoms with E-state index < -0.39 is 6.09 Å². The molecule has 0 radical (unpaired) electrons. The lowest BCUT2D eigenvalue weighted by Crippen LogP contribution is -2.30. The van der Waals surface area contributed by atoms with E-state index in [1.54, 1.807) is 37.2 Å². The molecule has 1 amide bonds. The monoisotopic (exact) mass is 417 g/mol. The van der Waals surface area contributed by atoms with Crippen molar-refractivity contribution >= 4 is 27.5 Å². The minimum atomic E-state index is -1.04. The molecule has 9 heteroatoms. The zero-order chi connectivity index (χ0) is 21.0. The highest BCUT2D eigenvalue weighted by Gasteiger charge is 2.15. The van der Waals surface area contributed by atoms with E-state index in [9.17, 15) is 9.59 Å². The Kier molecular flexibility index (Phi) is 6.40. The molecule has 3 rings (SSSR count). The first-order chi connectivity index (χ1) is 13.9. The fourth-order valence-electron chi connectivity index (χ4n) is 3.07. The van der Waals surface area contributed by atoms with Gasteiger partial charge in [-0.1, -0.05) is 6.07 Å². The van der Waals surface area contributed by atoms with Crippen molar-refractivity contribution in [3.8, 4) is 22.6 Å². The van der Waals surface area contributed by atoms with E-state index >= 15 is 0 Å². The van der Waals surface area contributed by atoms with Gasteiger partial charge in [0.05, 0.1) is 19.6 Å². The standard InChI is InChI=1S/C20H23N3O5S/c1-23-11-15(12-4-5-16(27-2)17(8-12)28-3)18-14(19(23)24)9-13(29-18)10-21-6-7-22-20(25)26/h4-5,8-9,11,21-22H,6-7,10H2,1-3H3,(H,25,26). The molecule has 154 valence electrons. The summed E-state index contributed by atoms with van der Waals surface area (Å²) in [5.41, 5.74) is 1.81. The van der Waals surface area contributed by atoms with Crippen LogP contribution in [0.5, 0.6) is 11.5 Å². The molecule has 29 heavy (non-hydrogen) atoms. The van der Waals surface area contributed by atoms with Crippen molar-refractivity contribution in [2.24, 2.45) is 7.05 Å². The maximum Gasteiger partial charge on any atom is 0.404 e. The van der Waals surface area contributed by atoms with Gasteiger partial charge >= 0.3 is 6.09 Å². The molecule has 0 aliphatic heterocycles. The maximum atomic E-state index is 12.6. The number of aromatic nitrogens is 1. The summed E-state index contributed by atoms with van der Waals surface area (Å²) in [6.45, 7) is 1.37. The number of hydrogen-bond donors (Lipinski definition) is 3. The molecular weight excluding hydrogens is 394 g/mol. The van der Waals surface area contributed by atoms with Crippen LogP contribution < -0.4 is 25.7 Å². The van der Waals surface area contributed by atoms with E-state index in [0.29, 0.717) is 36.5 Å². The van der Waals surface area contributed by atoms with Crippen molar-refractivity contribution in [3.63, 3.8) is 0 Å². The van der Waals surface area contributed by atoms with Crippen molar-refractivity contribution in [1.29, 1.82) is 0 Å². The van der Waals surface area contributed by atoms with Gasteiger partial charge in [-0.15, -0.1) is 11.3 Å². The van der Waals surface area contributed by atoms with Gasteiger partial charge in [-0.05, 0) is 23.8 Å². The van der Waals surface area contributed by atoms with Crippen LogP contribution in [0.1, 0.15) is 4.88 Å². The summed E-state index contributed by atoms with van der Waals surface area (Å²) in [5.74, 6) is 1.26. The Hall–Kier alpha value is -3.04. The number of nitrogens with one attached hydrogen (secondary N) is 2. The first-order valence-electron chi connectivity index (χ1n) is 8.96. The number of fused-ring (bicyclic) bond motifs is 1.